The van der Waals surface area contributed by atoms with Gasteiger partial charge in [-0.1, -0.05) is 60.7 Å². The fourth-order valence-corrected chi connectivity index (χ4v) is 4.24. The maximum absolute atomic E-state index is 13.1. The molecule has 176 valence electrons. The highest BCUT2D eigenvalue weighted by molar-refractivity contribution is 5.94. The van der Waals surface area contributed by atoms with E-state index in [9.17, 15) is 22.8 Å². The third-order valence-corrected chi connectivity index (χ3v) is 6.16. The monoisotopic (exact) mass is 466 g/mol. The van der Waals surface area contributed by atoms with Gasteiger partial charge in [0.15, 0.2) is 0 Å². The summed E-state index contributed by atoms with van der Waals surface area (Å²) in [4.78, 5) is 27.4. The van der Waals surface area contributed by atoms with Crippen LogP contribution in [0.15, 0.2) is 84.9 Å². The van der Waals surface area contributed by atoms with Gasteiger partial charge in [0.25, 0.3) is 5.91 Å². The van der Waals surface area contributed by atoms with Crippen LogP contribution in [0.2, 0.25) is 0 Å². The molecule has 3 aromatic carbocycles. The van der Waals surface area contributed by atoms with Gasteiger partial charge in [0.1, 0.15) is 0 Å². The molecule has 1 saturated heterocycles. The number of halogens is 3. The van der Waals surface area contributed by atoms with Crippen molar-refractivity contribution in [3.05, 3.63) is 107 Å². The number of piperidine rings is 1. The van der Waals surface area contributed by atoms with Crippen LogP contribution in [0.5, 0.6) is 0 Å². The summed E-state index contributed by atoms with van der Waals surface area (Å²) in [5, 5.41) is 3.17. The number of hydrogen-bond acceptors (Lipinski definition) is 2. The topological polar surface area (TPSA) is 49.4 Å². The first-order valence-corrected chi connectivity index (χ1v) is 11.2. The lowest BCUT2D eigenvalue weighted by Gasteiger charge is -2.32. The second-order valence-corrected chi connectivity index (χ2v) is 8.40. The number of carbonyl (C=O) groups excluding carboxylic acids is 2. The lowest BCUT2D eigenvalue weighted by atomic mass is 9.93. The molecule has 4 rings (SSSR count). The van der Waals surface area contributed by atoms with Gasteiger partial charge in [-0.25, -0.2) is 0 Å². The van der Waals surface area contributed by atoms with Gasteiger partial charge in [-0.15, -0.1) is 0 Å². The van der Waals surface area contributed by atoms with E-state index in [2.05, 4.69) is 5.32 Å². The van der Waals surface area contributed by atoms with Crippen LogP contribution in [0.25, 0.3) is 0 Å². The van der Waals surface area contributed by atoms with Crippen molar-refractivity contribution < 1.29 is 22.8 Å². The Morgan fingerprint density at radius 2 is 1.29 bits per heavy atom. The van der Waals surface area contributed by atoms with Crippen molar-refractivity contribution in [3.8, 4) is 0 Å². The van der Waals surface area contributed by atoms with Crippen LogP contribution in [0.1, 0.15) is 45.9 Å². The lowest BCUT2D eigenvalue weighted by molar-refractivity contribution is -0.137. The summed E-state index contributed by atoms with van der Waals surface area (Å²) in [5.41, 5.74) is 1.39. The van der Waals surface area contributed by atoms with E-state index in [1.54, 1.807) is 4.90 Å². The molecule has 1 fully saturated rings. The number of carbonyl (C=O) groups is 2. The third-order valence-electron chi connectivity index (χ3n) is 6.16. The highest BCUT2D eigenvalue weighted by Crippen LogP contribution is 2.30. The molecule has 0 bridgehead atoms. The predicted molar refractivity (Wildman–Crippen MR) is 123 cm³/mol. The van der Waals surface area contributed by atoms with E-state index in [-0.39, 0.29) is 29.3 Å². The Morgan fingerprint density at radius 3 is 1.76 bits per heavy atom. The van der Waals surface area contributed by atoms with Gasteiger partial charge < -0.3 is 10.2 Å². The Morgan fingerprint density at radius 1 is 0.794 bits per heavy atom. The van der Waals surface area contributed by atoms with Gasteiger partial charge in [0, 0.05) is 24.6 Å². The van der Waals surface area contributed by atoms with Crippen molar-refractivity contribution >= 4 is 11.8 Å². The number of likely N-dealkylation sites (tertiary alicyclic amines) is 1. The summed E-state index contributed by atoms with van der Waals surface area (Å²) in [6.07, 6.45) is -3.45. The van der Waals surface area contributed by atoms with Gasteiger partial charge in [-0.05, 0) is 48.2 Å². The molecular weight excluding hydrogens is 441 g/mol. The first kappa shape index (κ1) is 23.5. The summed E-state index contributed by atoms with van der Waals surface area (Å²) in [5.74, 6) is -0.634. The largest absolute Gasteiger partial charge is 0.416 e. The van der Waals surface area contributed by atoms with Crippen LogP contribution in [-0.2, 0) is 11.0 Å². The minimum atomic E-state index is -4.44. The first-order chi connectivity index (χ1) is 16.3. The summed E-state index contributed by atoms with van der Waals surface area (Å²) < 4.78 is 38.3. The normalized spacial score (nSPS) is 14.8. The summed E-state index contributed by atoms with van der Waals surface area (Å²) >= 11 is 0. The van der Waals surface area contributed by atoms with Crippen molar-refractivity contribution in [2.45, 2.75) is 25.1 Å². The summed E-state index contributed by atoms with van der Waals surface area (Å²) in [6.45, 7) is 0.749. The van der Waals surface area contributed by atoms with Crippen LogP contribution in [-0.4, -0.2) is 29.8 Å². The molecule has 3 aromatic rings. The highest BCUT2D eigenvalue weighted by Gasteiger charge is 2.32. The Labute approximate surface area is 196 Å². The van der Waals surface area contributed by atoms with Crippen LogP contribution in [0, 0.1) is 5.92 Å². The molecular formula is C27H25F3N2O2. The zero-order valence-corrected chi connectivity index (χ0v) is 18.5. The average Bonchev–Trinajstić information content (AvgIpc) is 2.87. The molecule has 34 heavy (non-hydrogen) atoms. The number of nitrogens with one attached hydrogen (secondary N) is 1. The van der Waals surface area contributed by atoms with Crippen molar-refractivity contribution in [1.82, 2.24) is 10.2 Å². The molecule has 4 nitrogen and oxygen atoms in total. The fraction of sp³-hybridized carbons (Fsp3) is 0.259. The maximum Gasteiger partial charge on any atom is 0.416 e. The van der Waals surface area contributed by atoms with E-state index < -0.39 is 11.7 Å². The second-order valence-electron chi connectivity index (χ2n) is 8.40. The van der Waals surface area contributed by atoms with Crippen LogP contribution in [0.4, 0.5) is 13.2 Å². The van der Waals surface area contributed by atoms with Crippen molar-refractivity contribution in [3.63, 3.8) is 0 Å². The molecule has 0 spiro atoms. The Balaban J connectivity index is 1.38. The Hall–Kier alpha value is -3.61. The summed E-state index contributed by atoms with van der Waals surface area (Å²) in [7, 11) is 0. The van der Waals surface area contributed by atoms with Gasteiger partial charge in [0.05, 0.1) is 11.6 Å². The molecule has 1 N–H and O–H groups in total. The smallest absolute Gasteiger partial charge is 0.345 e. The maximum atomic E-state index is 13.1. The molecule has 2 amide bonds. The van der Waals surface area contributed by atoms with Gasteiger partial charge in [-0.2, -0.15) is 13.2 Å². The number of alkyl halides is 3. The van der Waals surface area contributed by atoms with Crippen LogP contribution in [0.3, 0.4) is 0 Å². The number of amides is 2. The van der Waals surface area contributed by atoms with Gasteiger partial charge in [0.2, 0.25) is 5.91 Å². The van der Waals surface area contributed by atoms with E-state index in [0.29, 0.717) is 25.9 Å². The Kier molecular flexibility index (Phi) is 7.01. The SMILES string of the molecule is O=C(NC(c1ccccc1)c1ccccc1)C1CCN(C(=O)c2ccc(C(F)(F)F)cc2)CC1. The molecule has 1 heterocycles. The minimum Gasteiger partial charge on any atom is -0.345 e. The molecule has 7 heteroatoms. The van der Waals surface area contributed by atoms with Crippen molar-refractivity contribution in [1.29, 1.82) is 0 Å². The zero-order chi connectivity index (χ0) is 24.1. The van der Waals surface area contributed by atoms with E-state index in [0.717, 1.165) is 23.3 Å². The van der Waals surface area contributed by atoms with Crippen LogP contribution < -0.4 is 5.32 Å². The van der Waals surface area contributed by atoms with E-state index in [1.165, 1.54) is 12.1 Å². The van der Waals surface area contributed by atoms with E-state index >= 15 is 0 Å². The predicted octanol–water partition coefficient (Wildman–Crippen LogP) is 5.46. The van der Waals surface area contributed by atoms with Crippen molar-refractivity contribution in [2.75, 3.05) is 13.1 Å². The fourth-order valence-electron chi connectivity index (χ4n) is 4.24. The summed E-state index contributed by atoms with van der Waals surface area (Å²) in [6, 6.07) is 23.5. The van der Waals surface area contributed by atoms with E-state index in [1.807, 2.05) is 60.7 Å². The Bertz CT molecular complexity index is 1070. The van der Waals surface area contributed by atoms with Crippen molar-refractivity contribution in [2.24, 2.45) is 5.92 Å². The quantitative estimate of drug-likeness (QED) is 0.543. The molecule has 0 saturated carbocycles. The zero-order valence-electron chi connectivity index (χ0n) is 18.5. The third kappa shape index (κ3) is 5.47. The second kappa shape index (κ2) is 10.1. The molecule has 0 radical (unpaired) electrons. The van der Waals surface area contributed by atoms with Crippen LogP contribution >= 0.6 is 0 Å². The van der Waals surface area contributed by atoms with E-state index in [4.69, 9.17) is 0 Å². The minimum absolute atomic E-state index is 0.0701. The number of nitrogens with zero attached hydrogens (tertiary/aromatic N) is 1. The standard InChI is InChI=1S/C27H25F3N2O2/c28-27(29,30)23-13-11-22(12-14-23)26(34)32-17-15-21(16-18-32)25(33)31-24(19-7-3-1-4-8-19)20-9-5-2-6-10-20/h1-14,21,24H,15-18H2,(H,31,33). The van der Waals surface area contributed by atoms with Gasteiger partial charge in [-0.3, -0.25) is 9.59 Å². The molecule has 0 aromatic heterocycles. The molecule has 0 atom stereocenters. The average molecular weight is 467 g/mol. The van der Waals surface area contributed by atoms with Gasteiger partial charge >= 0.3 is 6.18 Å². The molecule has 1 aliphatic rings. The number of rotatable bonds is 5. The highest BCUT2D eigenvalue weighted by atomic mass is 19.4. The molecule has 0 aliphatic carbocycles. The first-order valence-electron chi connectivity index (χ1n) is 11.2. The number of benzene rings is 3. The molecule has 1 aliphatic heterocycles. The molecule has 0 unspecified atom stereocenters. The number of hydrogen-bond donors (Lipinski definition) is 1. The lowest BCUT2D eigenvalue weighted by Crippen LogP contribution is -2.43.